The topological polar surface area (TPSA) is 126 Å². The summed E-state index contributed by atoms with van der Waals surface area (Å²) in [5, 5.41) is 3.06. The molecule has 2 atom stereocenters. The predicted molar refractivity (Wildman–Crippen MR) is 397 cm³/mol. The van der Waals surface area contributed by atoms with Gasteiger partial charge >= 0.3 is 0 Å². The van der Waals surface area contributed by atoms with E-state index in [-0.39, 0.29) is 35.5 Å². The summed E-state index contributed by atoms with van der Waals surface area (Å²) in [7, 11) is 0. The first-order valence-electron chi connectivity index (χ1n) is 37.9. The number of imide groups is 2. The van der Waals surface area contributed by atoms with Crippen molar-refractivity contribution in [3.63, 3.8) is 0 Å². The summed E-state index contributed by atoms with van der Waals surface area (Å²) in [5.74, 6) is -0.302. The number of benzene rings is 5. The molecular formula is C82H106Br2N6O4. The number of carbonyl (C=O) groups is 4. The summed E-state index contributed by atoms with van der Waals surface area (Å²) in [6, 6.07) is 15.6. The van der Waals surface area contributed by atoms with Gasteiger partial charge in [-0.05, 0) is 93.6 Å². The van der Waals surface area contributed by atoms with Crippen LogP contribution in [0.2, 0.25) is 0 Å². The van der Waals surface area contributed by atoms with Crippen molar-refractivity contribution in [1.29, 1.82) is 0 Å². The van der Waals surface area contributed by atoms with Gasteiger partial charge in [-0.15, -0.1) is 0 Å². The van der Waals surface area contributed by atoms with Crippen molar-refractivity contribution in [2.75, 3.05) is 13.1 Å². The molecule has 94 heavy (non-hydrogen) atoms. The van der Waals surface area contributed by atoms with Crippen LogP contribution < -0.4 is 0 Å². The third-order valence-electron chi connectivity index (χ3n) is 21.6. The lowest BCUT2D eigenvalue weighted by atomic mass is 9.89. The molecule has 0 spiro atoms. The minimum atomic E-state index is -0.209. The van der Waals surface area contributed by atoms with Crippen LogP contribution in [0.1, 0.15) is 326 Å². The van der Waals surface area contributed by atoms with Crippen molar-refractivity contribution in [2.45, 2.75) is 285 Å². The molecule has 0 fully saturated rings. The third-order valence-corrected chi connectivity index (χ3v) is 23.1. The van der Waals surface area contributed by atoms with Gasteiger partial charge in [0.1, 0.15) is 22.1 Å². The second kappa shape index (κ2) is 34.2. The summed E-state index contributed by atoms with van der Waals surface area (Å²) >= 11 is 7.96. The summed E-state index contributed by atoms with van der Waals surface area (Å²) in [6.45, 7) is 9.99. The molecule has 4 amide bonds. The largest absolute Gasteiger partial charge is 0.274 e. The number of aromatic nitrogens is 4. The van der Waals surface area contributed by atoms with Gasteiger partial charge in [0.2, 0.25) is 0 Å². The van der Waals surface area contributed by atoms with Crippen molar-refractivity contribution in [2.24, 2.45) is 11.8 Å². The van der Waals surface area contributed by atoms with E-state index in [1.807, 2.05) is 48.5 Å². The van der Waals surface area contributed by atoms with E-state index in [2.05, 4.69) is 59.6 Å². The number of nitrogens with zero attached hydrogens (tertiary/aromatic N) is 6. The molecule has 12 heteroatoms. The van der Waals surface area contributed by atoms with Crippen LogP contribution in [-0.4, -0.2) is 66.5 Å². The molecule has 502 valence electrons. The van der Waals surface area contributed by atoms with Crippen molar-refractivity contribution in [3.8, 4) is 45.0 Å². The fraction of sp³-hybridized carbons (Fsp3) is 0.585. The maximum Gasteiger partial charge on any atom is 0.261 e. The minimum absolute atomic E-state index is 0.209. The van der Waals surface area contributed by atoms with E-state index in [1.54, 1.807) is 9.80 Å². The number of hydrogen-bond donors (Lipinski definition) is 0. The van der Waals surface area contributed by atoms with Crippen LogP contribution in [0.25, 0.3) is 88.6 Å². The van der Waals surface area contributed by atoms with Crippen LogP contribution in [0.5, 0.6) is 0 Å². The maximum atomic E-state index is 14.8. The Kier molecular flexibility index (Phi) is 25.4. The lowest BCUT2D eigenvalue weighted by Crippen LogP contribution is -2.43. The number of amides is 4. The summed E-state index contributed by atoms with van der Waals surface area (Å²) in [4.78, 5) is 84.1. The molecule has 4 aliphatic rings. The first kappa shape index (κ1) is 69.9. The zero-order valence-corrected chi connectivity index (χ0v) is 60.7. The predicted octanol–water partition coefficient (Wildman–Crippen LogP) is 24.8. The van der Waals surface area contributed by atoms with E-state index >= 15 is 0 Å². The Labute approximate surface area is 578 Å². The van der Waals surface area contributed by atoms with Gasteiger partial charge in [0, 0.05) is 79.1 Å². The molecule has 2 aliphatic heterocycles. The molecule has 10 nitrogen and oxygen atoms in total. The number of carbonyl (C=O) groups excluding carboxylic acids is 4. The Morgan fingerprint density at radius 2 is 0.457 bits per heavy atom. The van der Waals surface area contributed by atoms with Gasteiger partial charge in [-0.25, -0.2) is 19.9 Å². The lowest BCUT2D eigenvalue weighted by Gasteiger charge is -2.31. The summed E-state index contributed by atoms with van der Waals surface area (Å²) in [5.41, 5.74) is 10.8. The molecule has 11 rings (SSSR count). The zero-order chi connectivity index (χ0) is 65.5. The minimum Gasteiger partial charge on any atom is -0.274 e. The fourth-order valence-corrected chi connectivity index (χ4v) is 17.3. The molecule has 5 aromatic carbocycles. The maximum absolute atomic E-state index is 14.8. The van der Waals surface area contributed by atoms with Crippen LogP contribution >= 0.6 is 31.9 Å². The van der Waals surface area contributed by atoms with Crippen molar-refractivity contribution in [3.05, 3.63) is 79.7 Å². The van der Waals surface area contributed by atoms with Crippen LogP contribution in [0.3, 0.4) is 0 Å². The first-order chi connectivity index (χ1) is 46.1. The highest BCUT2D eigenvalue weighted by Gasteiger charge is 2.41. The highest BCUT2D eigenvalue weighted by atomic mass is 79.9. The van der Waals surface area contributed by atoms with Gasteiger partial charge in [-0.1, -0.05) is 283 Å². The highest BCUT2D eigenvalue weighted by Crippen LogP contribution is 2.53. The lowest BCUT2D eigenvalue weighted by molar-refractivity contribution is 0.0563. The Bertz CT molecular complexity index is 3410. The standard InChI is InChI=1S/C82H106Br2N6O4/c1-5-9-13-17-21-25-27-31-35-39-43-55(41-37-33-29-23-19-15-11-7-3)53-89-79(91)61-49-45-57-65-58(46-50-62(67(61)65)80(89)92)72-71(57)85-75-69(83)77-78(70(84)76(75)86-72)88-74-60-48-52-64-68-63(51-47-59(66(60)68)73(74)87-77)81(93)90(82(64)94)54-56(42-38-34-30-24-20-16-12-8-4)44-40-36-32-28-26-22-18-14-10-6-2/h45-52,55-56H,5-44,53-54H2,1-4H3. The number of rotatable bonds is 44. The Hall–Kier alpha value is -5.46. The molecule has 2 unspecified atom stereocenters. The first-order valence-corrected chi connectivity index (χ1v) is 39.5. The Morgan fingerprint density at radius 1 is 0.277 bits per heavy atom. The molecule has 4 heterocycles. The van der Waals surface area contributed by atoms with Crippen LogP contribution in [-0.2, 0) is 0 Å². The molecular weight excluding hydrogens is 1290 g/mol. The normalized spacial score (nSPS) is 14.3. The van der Waals surface area contributed by atoms with Gasteiger partial charge in [0.15, 0.2) is 0 Å². The number of fused-ring (bicyclic) bond motifs is 8. The van der Waals surface area contributed by atoms with Crippen LogP contribution in [0.15, 0.2) is 57.5 Å². The van der Waals surface area contributed by atoms with E-state index in [4.69, 9.17) is 19.9 Å². The second-order valence-corrected chi connectivity index (χ2v) is 30.2. The molecule has 0 N–H and O–H groups in total. The number of halogens is 2. The Morgan fingerprint density at radius 3 is 0.670 bits per heavy atom. The van der Waals surface area contributed by atoms with E-state index in [0.717, 1.165) is 84.4 Å². The quantitative estimate of drug-likeness (QED) is 0.0210. The van der Waals surface area contributed by atoms with Crippen LogP contribution in [0.4, 0.5) is 0 Å². The number of unbranched alkanes of at least 4 members (excludes halogenated alkanes) is 32. The van der Waals surface area contributed by atoms with E-state index in [1.165, 1.54) is 205 Å². The monoisotopic (exact) mass is 1400 g/mol. The van der Waals surface area contributed by atoms with Gasteiger partial charge in [-0.3, -0.25) is 29.0 Å². The molecule has 0 saturated carbocycles. The zero-order valence-electron chi connectivity index (χ0n) is 57.5. The second-order valence-electron chi connectivity index (χ2n) is 28.6. The third kappa shape index (κ3) is 15.4. The highest BCUT2D eigenvalue weighted by molar-refractivity contribution is 9.11. The van der Waals surface area contributed by atoms with E-state index in [9.17, 15) is 19.2 Å². The molecule has 2 aromatic heterocycles. The van der Waals surface area contributed by atoms with Gasteiger partial charge in [-0.2, -0.15) is 0 Å². The average Bonchev–Trinajstić information content (AvgIpc) is 1.53. The fourth-order valence-electron chi connectivity index (χ4n) is 16.2. The molecule has 7 aromatic rings. The van der Waals surface area contributed by atoms with Crippen LogP contribution in [0, 0.1) is 11.8 Å². The van der Waals surface area contributed by atoms with Crippen molar-refractivity contribution in [1.82, 2.24) is 29.7 Å². The average molecular weight is 1400 g/mol. The van der Waals surface area contributed by atoms with Crippen molar-refractivity contribution < 1.29 is 19.2 Å². The number of hydrogen-bond acceptors (Lipinski definition) is 8. The summed E-state index contributed by atoms with van der Waals surface area (Å²) < 4.78 is 1.28. The van der Waals surface area contributed by atoms with Gasteiger partial charge in [0.25, 0.3) is 23.6 Å². The molecule has 0 saturated heterocycles. The van der Waals surface area contributed by atoms with Crippen molar-refractivity contribution >= 4 is 99.1 Å². The molecule has 0 radical (unpaired) electrons. The van der Waals surface area contributed by atoms with Gasteiger partial charge < -0.3 is 0 Å². The van der Waals surface area contributed by atoms with E-state index in [0.29, 0.717) is 99.9 Å². The Balaban J connectivity index is 0.813. The summed E-state index contributed by atoms with van der Waals surface area (Å²) in [6.07, 6.45) is 50.0. The van der Waals surface area contributed by atoms with E-state index < -0.39 is 0 Å². The van der Waals surface area contributed by atoms with Gasteiger partial charge in [0.05, 0.1) is 31.7 Å². The molecule has 0 bridgehead atoms. The molecule has 2 aliphatic carbocycles. The smallest absolute Gasteiger partial charge is 0.261 e. The SMILES string of the molecule is CCCCCCCCCCCCC(CCCCCCCCCC)CN1C(=O)c2ccc3c4c(ccc(c24)C1=O)-c1nc2c(Br)c4nc5c(nc4c(Br)c2nc1-3)-c1ccc2c3c(ccc-5c13)C(=O)N(CC(CCCCCCCCCC)CCCCCCCCCCCC)C2=O.